The van der Waals surface area contributed by atoms with Crippen molar-refractivity contribution in [2.24, 2.45) is 16.8 Å². The normalized spacial score (nSPS) is 18.0. The van der Waals surface area contributed by atoms with E-state index in [2.05, 4.69) is 32.4 Å². The van der Waals surface area contributed by atoms with E-state index in [-0.39, 0.29) is 23.7 Å². The number of allylic oxidation sites excluding steroid dienone is 3. The number of nitrogen functional groups attached to an aromatic ring is 1. The van der Waals surface area contributed by atoms with Gasteiger partial charge in [-0.2, -0.15) is 5.10 Å². The van der Waals surface area contributed by atoms with E-state index >= 15 is 0 Å². The summed E-state index contributed by atoms with van der Waals surface area (Å²) in [6.45, 7) is 6.30. The second-order valence-electron chi connectivity index (χ2n) is 6.82. The highest BCUT2D eigenvalue weighted by Gasteiger charge is 2.17. The zero-order valence-corrected chi connectivity index (χ0v) is 16.4. The summed E-state index contributed by atoms with van der Waals surface area (Å²) >= 11 is 0. The number of hydrogen-bond acceptors (Lipinski definition) is 6. The van der Waals surface area contributed by atoms with E-state index in [0.717, 1.165) is 37.2 Å². The van der Waals surface area contributed by atoms with Gasteiger partial charge in [-0.25, -0.2) is 24.6 Å². The summed E-state index contributed by atoms with van der Waals surface area (Å²) < 4.78 is 28.3. The van der Waals surface area contributed by atoms with E-state index in [9.17, 15) is 8.78 Å². The van der Waals surface area contributed by atoms with Gasteiger partial charge in [0.05, 0.1) is 11.8 Å². The minimum Gasteiger partial charge on any atom is -0.383 e. The lowest BCUT2D eigenvalue weighted by Crippen LogP contribution is -2.32. The van der Waals surface area contributed by atoms with Crippen LogP contribution >= 0.6 is 0 Å². The maximum atomic E-state index is 13.7. The van der Waals surface area contributed by atoms with Crippen LogP contribution in [0.2, 0.25) is 0 Å². The van der Waals surface area contributed by atoms with Gasteiger partial charge in [0, 0.05) is 30.1 Å². The Hall–Kier alpha value is -3.37. The zero-order valence-electron chi connectivity index (χ0n) is 16.4. The molecule has 0 aliphatic carbocycles. The average molecular weight is 414 g/mol. The highest BCUT2D eigenvalue weighted by atomic mass is 19.2. The predicted octanol–water partition coefficient (Wildman–Crippen LogP) is 2.20. The molecule has 6 N–H and O–H groups in total. The Morgan fingerprint density at radius 2 is 2.27 bits per heavy atom. The van der Waals surface area contributed by atoms with Crippen molar-refractivity contribution in [2.45, 2.75) is 13.0 Å². The number of nitrogens with two attached hydrogens (primary N) is 2. The summed E-state index contributed by atoms with van der Waals surface area (Å²) in [5, 5.41) is 7.76. The van der Waals surface area contributed by atoms with Crippen LogP contribution in [0.1, 0.15) is 12.0 Å². The average Bonchev–Trinajstić information content (AvgIpc) is 3.44. The van der Waals surface area contributed by atoms with Crippen LogP contribution in [0.5, 0.6) is 0 Å². The van der Waals surface area contributed by atoms with Gasteiger partial charge in [0.15, 0.2) is 11.7 Å². The Bertz CT molecular complexity index is 986. The number of aliphatic imine (C=N–C) groups is 1. The van der Waals surface area contributed by atoms with Crippen LogP contribution in [0.4, 0.5) is 14.6 Å². The summed E-state index contributed by atoms with van der Waals surface area (Å²) in [7, 11) is 0. The largest absolute Gasteiger partial charge is 0.383 e. The first kappa shape index (κ1) is 21.3. The molecule has 0 aromatic carbocycles. The fraction of sp³-hybridized carbons (Fsp3) is 0.250. The van der Waals surface area contributed by atoms with Crippen molar-refractivity contribution in [3.8, 4) is 11.1 Å². The molecule has 30 heavy (non-hydrogen) atoms. The van der Waals surface area contributed by atoms with E-state index in [4.69, 9.17) is 11.6 Å². The lowest BCUT2D eigenvalue weighted by atomic mass is 10.1. The highest BCUT2D eigenvalue weighted by Crippen LogP contribution is 2.24. The standard InChI is InChI=1S/C20H24F2N8/c1-2-3-18(17(22)7-21)28-20(29-24)16-6-14(9-26-19(16)23)15-10-27-30(12-15)11-13-4-5-25-8-13/h2-3,6-7,9-10,12-13,25H,1,4-5,8,11,24H2,(H2,23,26)(H,28,29)/b17-7-,18-3+. The minimum absolute atomic E-state index is 0.0244. The number of aromatic nitrogens is 3. The van der Waals surface area contributed by atoms with Gasteiger partial charge in [0.25, 0.3) is 0 Å². The Balaban J connectivity index is 1.92. The van der Waals surface area contributed by atoms with Crippen LogP contribution in [0.25, 0.3) is 11.1 Å². The second kappa shape index (κ2) is 9.90. The van der Waals surface area contributed by atoms with Crippen LogP contribution in [-0.4, -0.2) is 33.7 Å². The van der Waals surface area contributed by atoms with Crippen LogP contribution in [0.15, 0.2) is 66.2 Å². The number of amidine groups is 1. The Morgan fingerprint density at radius 1 is 1.43 bits per heavy atom. The molecule has 0 radical (unpaired) electrons. The van der Waals surface area contributed by atoms with Gasteiger partial charge in [-0.15, -0.1) is 0 Å². The van der Waals surface area contributed by atoms with Crippen molar-refractivity contribution in [1.82, 2.24) is 25.5 Å². The van der Waals surface area contributed by atoms with Gasteiger partial charge in [0.1, 0.15) is 17.8 Å². The topological polar surface area (TPSA) is 119 Å². The maximum Gasteiger partial charge on any atom is 0.177 e. The molecule has 10 heteroatoms. The molecule has 0 amide bonds. The van der Waals surface area contributed by atoms with E-state index in [1.165, 1.54) is 12.2 Å². The molecule has 0 saturated carbocycles. The Kier molecular flexibility index (Phi) is 7.04. The van der Waals surface area contributed by atoms with Crippen LogP contribution < -0.4 is 22.3 Å². The number of halogens is 2. The molecule has 2 aromatic heterocycles. The molecule has 1 fully saturated rings. The molecule has 8 nitrogen and oxygen atoms in total. The van der Waals surface area contributed by atoms with Gasteiger partial charge in [0.2, 0.25) is 0 Å². The van der Waals surface area contributed by atoms with E-state index in [1.54, 1.807) is 18.5 Å². The summed E-state index contributed by atoms with van der Waals surface area (Å²) in [6, 6.07) is 1.71. The van der Waals surface area contributed by atoms with Crippen molar-refractivity contribution in [3.63, 3.8) is 0 Å². The smallest absolute Gasteiger partial charge is 0.177 e. The van der Waals surface area contributed by atoms with Crippen molar-refractivity contribution >= 4 is 11.7 Å². The monoisotopic (exact) mass is 414 g/mol. The Morgan fingerprint density at radius 3 is 2.93 bits per heavy atom. The van der Waals surface area contributed by atoms with Gasteiger partial charge in [-0.05, 0) is 37.6 Å². The number of pyridine rings is 1. The highest BCUT2D eigenvalue weighted by molar-refractivity contribution is 6.03. The molecule has 158 valence electrons. The number of hydrogen-bond donors (Lipinski definition) is 4. The molecule has 3 rings (SSSR count). The number of hydrazine groups is 1. The lowest BCUT2D eigenvalue weighted by molar-refractivity contribution is 0.449. The molecule has 1 saturated heterocycles. The SMILES string of the molecule is C=C/C=C(N=C(NN)c1cc(-c2cnn(CC3CCNC3)c2)cnc1N)\C(F)=C\F. The molecule has 1 atom stereocenters. The van der Waals surface area contributed by atoms with Gasteiger partial charge >= 0.3 is 0 Å². The molecular formula is C20H24F2N8. The first-order chi connectivity index (χ1) is 14.5. The zero-order chi connectivity index (χ0) is 21.5. The third kappa shape index (κ3) is 4.97. The number of rotatable bonds is 7. The first-order valence-electron chi connectivity index (χ1n) is 9.39. The minimum atomic E-state index is -1.17. The molecule has 3 heterocycles. The van der Waals surface area contributed by atoms with E-state index in [0.29, 0.717) is 11.5 Å². The van der Waals surface area contributed by atoms with Crippen LogP contribution in [0.3, 0.4) is 0 Å². The van der Waals surface area contributed by atoms with E-state index < -0.39 is 5.83 Å². The fourth-order valence-corrected chi connectivity index (χ4v) is 3.20. The third-order valence-electron chi connectivity index (χ3n) is 4.73. The number of nitrogens with zero attached hydrogens (tertiary/aromatic N) is 4. The summed E-state index contributed by atoms with van der Waals surface area (Å²) in [6.07, 6.45) is 8.68. The fourth-order valence-electron chi connectivity index (χ4n) is 3.20. The molecule has 2 aromatic rings. The molecular weight excluding hydrogens is 390 g/mol. The first-order valence-corrected chi connectivity index (χ1v) is 9.39. The summed E-state index contributed by atoms with van der Waals surface area (Å²) in [5.41, 5.74) is 9.95. The summed E-state index contributed by atoms with van der Waals surface area (Å²) in [5.74, 6) is 5.10. The maximum absolute atomic E-state index is 13.7. The molecule has 0 bridgehead atoms. The van der Waals surface area contributed by atoms with E-state index in [1.807, 2.05) is 10.9 Å². The quantitative estimate of drug-likeness (QED) is 0.181. The van der Waals surface area contributed by atoms with Crippen molar-refractivity contribution in [3.05, 3.63) is 66.8 Å². The lowest BCUT2D eigenvalue weighted by Gasteiger charge is -2.11. The molecule has 1 aliphatic rings. The third-order valence-corrected chi connectivity index (χ3v) is 4.73. The van der Waals surface area contributed by atoms with Gasteiger partial charge in [-0.3, -0.25) is 4.68 Å². The number of anilines is 1. The van der Waals surface area contributed by atoms with Crippen LogP contribution in [0, 0.1) is 5.92 Å². The van der Waals surface area contributed by atoms with Crippen LogP contribution in [-0.2, 0) is 6.54 Å². The molecule has 0 spiro atoms. The Labute approximate surface area is 173 Å². The van der Waals surface area contributed by atoms with Gasteiger partial charge < -0.3 is 16.5 Å². The van der Waals surface area contributed by atoms with Crippen molar-refractivity contribution in [1.29, 1.82) is 0 Å². The molecule has 1 aliphatic heterocycles. The van der Waals surface area contributed by atoms with Crippen molar-refractivity contribution < 1.29 is 8.78 Å². The number of nitrogens with one attached hydrogen (secondary N) is 2. The summed E-state index contributed by atoms with van der Waals surface area (Å²) in [4.78, 5) is 8.22. The second-order valence-corrected chi connectivity index (χ2v) is 6.82. The van der Waals surface area contributed by atoms with Gasteiger partial charge in [-0.1, -0.05) is 12.7 Å². The molecule has 1 unspecified atom stereocenters. The predicted molar refractivity (Wildman–Crippen MR) is 113 cm³/mol. The van der Waals surface area contributed by atoms with Crippen molar-refractivity contribution in [2.75, 3.05) is 18.8 Å².